The van der Waals surface area contributed by atoms with Crippen LogP contribution in [0.2, 0.25) is 0 Å². The van der Waals surface area contributed by atoms with E-state index in [1.807, 2.05) is 0 Å². The van der Waals surface area contributed by atoms with Crippen LogP contribution in [-0.2, 0) is 10.8 Å². The number of aromatic carboxylic acids is 1. The first-order valence-corrected chi connectivity index (χ1v) is 12.9. The Balaban J connectivity index is 0.00000353. The molecule has 5 nitrogen and oxygen atoms in total. The Kier molecular flexibility index (Phi) is 7.72. The molecular formula is C33H34IN3O2. The smallest absolute Gasteiger partial charge is 0.337 e. The summed E-state index contributed by atoms with van der Waals surface area (Å²) in [6.07, 6.45) is 9.93. The summed E-state index contributed by atoms with van der Waals surface area (Å²) in [4.78, 5) is 18.2. The number of benzene rings is 2. The van der Waals surface area contributed by atoms with Crippen LogP contribution in [0.15, 0.2) is 96.9 Å². The number of allylic oxidation sites excluding steroid dienone is 6. The number of hydrogen-bond acceptors (Lipinski definition) is 3. The van der Waals surface area contributed by atoms with E-state index >= 15 is 0 Å². The largest absolute Gasteiger partial charge is 1.00 e. The number of hydrogen-bond donors (Lipinski definition) is 1. The molecule has 0 aliphatic carbocycles. The molecule has 0 fully saturated rings. The molecule has 5 rings (SSSR count). The fraction of sp³-hybridized carbons (Fsp3) is 0.242. The van der Waals surface area contributed by atoms with Crippen molar-refractivity contribution in [2.24, 2.45) is 0 Å². The van der Waals surface area contributed by atoms with Crippen molar-refractivity contribution in [1.29, 1.82) is 0 Å². The van der Waals surface area contributed by atoms with Gasteiger partial charge in [-0.1, -0.05) is 56.3 Å². The number of carbonyl (C=O) groups is 1. The van der Waals surface area contributed by atoms with Crippen molar-refractivity contribution in [2.45, 2.75) is 38.5 Å². The van der Waals surface area contributed by atoms with Crippen LogP contribution in [0.1, 0.15) is 54.9 Å². The summed E-state index contributed by atoms with van der Waals surface area (Å²) < 4.78 is 2.24. The van der Waals surface area contributed by atoms with Gasteiger partial charge in [-0.15, -0.1) is 0 Å². The van der Waals surface area contributed by atoms with Gasteiger partial charge in [0.2, 0.25) is 5.69 Å². The third-order valence-corrected chi connectivity index (χ3v) is 8.03. The number of rotatable bonds is 5. The average molecular weight is 632 g/mol. The van der Waals surface area contributed by atoms with Crippen molar-refractivity contribution in [3.63, 3.8) is 0 Å². The molecule has 3 heterocycles. The zero-order valence-electron chi connectivity index (χ0n) is 23.2. The molecule has 0 saturated heterocycles. The molecular weight excluding hydrogens is 597 g/mol. The fourth-order valence-electron chi connectivity index (χ4n) is 5.86. The van der Waals surface area contributed by atoms with E-state index < -0.39 is 5.97 Å². The topological polar surface area (TPSA) is 56.4 Å². The van der Waals surface area contributed by atoms with Gasteiger partial charge in [0.15, 0.2) is 5.71 Å². The number of halogens is 1. The monoisotopic (exact) mass is 631 g/mol. The van der Waals surface area contributed by atoms with Crippen LogP contribution in [0.5, 0.6) is 0 Å². The molecule has 3 aromatic rings. The van der Waals surface area contributed by atoms with E-state index in [2.05, 4.69) is 129 Å². The molecule has 1 N–H and O–H groups in total. The van der Waals surface area contributed by atoms with Gasteiger partial charge in [0.25, 0.3) is 0 Å². The van der Waals surface area contributed by atoms with Gasteiger partial charge in [-0.3, -0.25) is 4.98 Å². The molecule has 1 aromatic heterocycles. The van der Waals surface area contributed by atoms with Gasteiger partial charge >= 0.3 is 5.97 Å². The predicted molar refractivity (Wildman–Crippen MR) is 155 cm³/mol. The summed E-state index contributed by atoms with van der Waals surface area (Å²) in [6.45, 7) is 8.97. The third-order valence-electron chi connectivity index (χ3n) is 8.03. The maximum atomic E-state index is 11.4. The first-order valence-electron chi connectivity index (χ1n) is 12.9. The molecule has 200 valence electrons. The van der Waals surface area contributed by atoms with E-state index in [1.165, 1.54) is 40.1 Å². The van der Waals surface area contributed by atoms with Crippen LogP contribution in [0.25, 0.3) is 5.57 Å². The van der Waals surface area contributed by atoms with Crippen molar-refractivity contribution in [2.75, 3.05) is 19.0 Å². The third kappa shape index (κ3) is 4.86. The summed E-state index contributed by atoms with van der Waals surface area (Å²) in [5, 5.41) is 9.36. The Morgan fingerprint density at radius 3 is 2.23 bits per heavy atom. The first-order chi connectivity index (χ1) is 18.0. The normalized spacial score (nSPS) is 18.4. The number of carboxylic acids is 1. The highest BCUT2D eigenvalue weighted by atomic mass is 127. The standard InChI is InChI=1S/C33H33N3O2.HI/c1-32(2)24-11-7-9-13-27(24)35(5)29(32)19-16-22(26-18-15-23(21-34-26)31(37)38)17-20-30-33(3,4)25-12-8-10-14-28(25)36(30)6;/h7-21H,1-6H3;1H. The molecule has 0 bridgehead atoms. The highest BCUT2D eigenvalue weighted by Gasteiger charge is 2.42. The van der Waals surface area contributed by atoms with Gasteiger partial charge in [-0.2, -0.15) is 4.58 Å². The van der Waals surface area contributed by atoms with Gasteiger partial charge in [-0.25, -0.2) is 4.79 Å². The van der Waals surface area contributed by atoms with Crippen molar-refractivity contribution < 1.29 is 38.5 Å². The minimum atomic E-state index is -0.984. The second kappa shape index (κ2) is 10.6. The molecule has 0 saturated carbocycles. The number of pyridine rings is 1. The van der Waals surface area contributed by atoms with E-state index in [0.717, 1.165) is 11.3 Å². The molecule has 0 amide bonds. The summed E-state index contributed by atoms with van der Waals surface area (Å²) in [7, 11) is 4.21. The minimum Gasteiger partial charge on any atom is -1.00 e. The van der Waals surface area contributed by atoms with E-state index in [1.54, 1.807) is 12.1 Å². The zero-order chi connectivity index (χ0) is 27.2. The van der Waals surface area contributed by atoms with Crippen molar-refractivity contribution >= 4 is 28.6 Å². The predicted octanol–water partition coefficient (Wildman–Crippen LogP) is 3.74. The average Bonchev–Trinajstić information content (AvgIpc) is 3.22. The second-order valence-electron chi connectivity index (χ2n) is 11.0. The highest BCUT2D eigenvalue weighted by molar-refractivity contribution is 6.04. The number of likely N-dealkylation sites (N-methyl/N-ethyl adjacent to an activating group) is 1. The maximum Gasteiger partial charge on any atom is 0.337 e. The van der Waals surface area contributed by atoms with Gasteiger partial charge in [-0.05, 0) is 49.8 Å². The van der Waals surface area contributed by atoms with E-state index in [4.69, 9.17) is 0 Å². The molecule has 2 aromatic carbocycles. The molecule has 2 aliphatic rings. The Hall–Kier alpha value is -3.52. The number of nitrogens with zero attached hydrogens (tertiary/aromatic N) is 3. The second-order valence-corrected chi connectivity index (χ2v) is 11.0. The quantitative estimate of drug-likeness (QED) is 0.265. The summed E-state index contributed by atoms with van der Waals surface area (Å²) in [5.41, 5.74) is 8.87. The lowest BCUT2D eigenvalue weighted by Crippen LogP contribution is -3.00. The molecule has 0 spiro atoms. The molecule has 6 heteroatoms. The van der Waals surface area contributed by atoms with Gasteiger partial charge in [0.1, 0.15) is 7.05 Å². The first kappa shape index (κ1) is 28.5. The SMILES string of the molecule is CN1/C(=C/C=C(/C=C/C2=[N+](C)c3ccccc3C2(C)C)c2ccc(C(=O)O)cn2)C(C)(C)c2ccccc21.[I-]. The molecule has 0 radical (unpaired) electrons. The Morgan fingerprint density at radius 1 is 0.949 bits per heavy atom. The van der Waals surface area contributed by atoms with Crippen LogP contribution < -0.4 is 28.9 Å². The molecule has 39 heavy (non-hydrogen) atoms. The number of para-hydroxylation sites is 2. The van der Waals surface area contributed by atoms with Gasteiger partial charge < -0.3 is 34.0 Å². The van der Waals surface area contributed by atoms with Crippen LogP contribution in [0.4, 0.5) is 11.4 Å². The maximum absolute atomic E-state index is 11.4. The lowest BCUT2D eigenvalue weighted by molar-refractivity contribution is -0.401. The van der Waals surface area contributed by atoms with E-state index in [0.29, 0.717) is 0 Å². The Bertz CT molecular complexity index is 1560. The summed E-state index contributed by atoms with van der Waals surface area (Å²) in [5.74, 6) is -0.984. The number of aromatic nitrogens is 1. The lowest BCUT2D eigenvalue weighted by Gasteiger charge is -2.23. The molecule has 0 unspecified atom stereocenters. The molecule has 2 aliphatic heterocycles. The fourth-order valence-corrected chi connectivity index (χ4v) is 5.86. The van der Waals surface area contributed by atoms with Crippen LogP contribution in [-0.4, -0.2) is 40.4 Å². The van der Waals surface area contributed by atoms with E-state index in [9.17, 15) is 9.90 Å². The van der Waals surface area contributed by atoms with Crippen molar-refractivity contribution in [3.05, 3.63) is 119 Å². The highest BCUT2D eigenvalue weighted by Crippen LogP contribution is 2.46. The number of carboxylic acid groups (broad SMARTS) is 1. The lowest BCUT2D eigenvalue weighted by atomic mass is 9.81. The Morgan fingerprint density at radius 2 is 1.62 bits per heavy atom. The molecule has 0 atom stereocenters. The Labute approximate surface area is 247 Å². The van der Waals surface area contributed by atoms with Crippen LogP contribution >= 0.6 is 0 Å². The zero-order valence-corrected chi connectivity index (χ0v) is 25.4. The summed E-state index contributed by atoms with van der Waals surface area (Å²) >= 11 is 0. The van der Waals surface area contributed by atoms with Gasteiger partial charge in [0.05, 0.1) is 16.7 Å². The van der Waals surface area contributed by atoms with E-state index in [-0.39, 0.29) is 40.4 Å². The number of anilines is 1. The van der Waals surface area contributed by atoms with Gasteiger partial charge in [0, 0.05) is 53.3 Å². The minimum absolute atomic E-state index is 0. The van der Waals surface area contributed by atoms with Crippen molar-refractivity contribution in [3.8, 4) is 0 Å². The summed E-state index contributed by atoms with van der Waals surface area (Å²) in [6, 6.07) is 20.4. The van der Waals surface area contributed by atoms with Crippen LogP contribution in [0.3, 0.4) is 0 Å². The number of fused-ring (bicyclic) bond motifs is 2. The van der Waals surface area contributed by atoms with Crippen LogP contribution in [0, 0.1) is 0 Å². The van der Waals surface area contributed by atoms with Crippen molar-refractivity contribution in [1.82, 2.24) is 4.98 Å².